The van der Waals surface area contributed by atoms with Gasteiger partial charge in [-0.3, -0.25) is 9.78 Å². The van der Waals surface area contributed by atoms with Crippen molar-refractivity contribution >= 4 is 33.5 Å². The summed E-state index contributed by atoms with van der Waals surface area (Å²) < 4.78 is 14.1. The van der Waals surface area contributed by atoms with Crippen LogP contribution in [0.3, 0.4) is 0 Å². The number of halogens is 2. The fraction of sp³-hybridized carbons (Fsp3) is 0. The summed E-state index contributed by atoms with van der Waals surface area (Å²) in [6.45, 7) is 0. The lowest BCUT2D eigenvalue weighted by Crippen LogP contribution is -2.15. The highest BCUT2D eigenvalue weighted by molar-refractivity contribution is 9.10. The molecule has 0 aliphatic heterocycles. The molecule has 0 bridgehead atoms. The number of benzene rings is 1. The van der Waals surface area contributed by atoms with Gasteiger partial charge in [0, 0.05) is 10.7 Å². The number of hydrogen-bond donors (Lipinski definition) is 2. The molecule has 0 unspecified atom stereocenters. The molecule has 102 valence electrons. The van der Waals surface area contributed by atoms with E-state index in [1.54, 1.807) is 0 Å². The minimum absolute atomic E-state index is 0.00521. The van der Waals surface area contributed by atoms with Gasteiger partial charge in [0.05, 0.1) is 11.3 Å². The number of amides is 1. The number of carbonyl (C=O) groups is 2. The number of rotatable bonds is 3. The van der Waals surface area contributed by atoms with Gasteiger partial charge in [0.25, 0.3) is 5.91 Å². The minimum Gasteiger partial charge on any atom is -0.478 e. The Labute approximate surface area is 121 Å². The van der Waals surface area contributed by atoms with Crippen LogP contribution in [0, 0.1) is 5.82 Å². The van der Waals surface area contributed by atoms with Crippen molar-refractivity contribution in [2.75, 3.05) is 5.32 Å². The second-order valence-electron chi connectivity index (χ2n) is 3.82. The summed E-state index contributed by atoms with van der Waals surface area (Å²) >= 11 is 3.17. The Balaban J connectivity index is 2.19. The van der Waals surface area contributed by atoms with Crippen LogP contribution in [0.15, 0.2) is 41.0 Å². The van der Waals surface area contributed by atoms with Crippen molar-refractivity contribution in [1.82, 2.24) is 4.98 Å². The normalized spacial score (nSPS) is 10.1. The van der Waals surface area contributed by atoms with Crippen LogP contribution < -0.4 is 5.32 Å². The van der Waals surface area contributed by atoms with Crippen molar-refractivity contribution in [1.29, 1.82) is 0 Å². The third kappa shape index (κ3) is 3.18. The standard InChI is InChI=1S/C13H8BrFN2O3/c14-8-2-3-9(15)11(5-8)17-12(18)10-4-1-7(6-16-10)13(19)20/h1-6H,(H,17,18)(H,19,20). The lowest BCUT2D eigenvalue weighted by Gasteiger charge is -2.06. The van der Waals surface area contributed by atoms with Crippen molar-refractivity contribution in [3.63, 3.8) is 0 Å². The molecule has 5 nitrogen and oxygen atoms in total. The molecular weight excluding hydrogens is 331 g/mol. The average molecular weight is 339 g/mol. The van der Waals surface area contributed by atoms with Gasteiger partial charge < -0.3 is 10.4 Å². The van der Waals surface area contributed by atoms with Gasteiger partial charge in [0.1, 0.15) is 11.5 Å². The molecule has 0 aliphatic carbocycles. The first-order valence-corrected chi connectivity index (χ1v) is 6.22. The molecule has 0 saturated carbocycles. The fourth-order valence-corrected chi connectivity index (χ4v) is 1.80. The molecule has 0 atom stereocenters. The van der Waals surface area contributed by atoms with Gasteiger partial charge in [-0.05, 0) is 30.3 Å². The van der Waals surface area contributed by atoms with Crippen LogP contribution in [-0.2, 0) is 0 Å². The van der Waals surface area contributed by atoms with Crippen LogP contribution in [0.25, 0.3) is 0 Å². The van der Waals surface area contributed by atoms with Crippen LogP contribution in [0.5, 0.6) is 0 Å². The van der Waals surface area contributed by atoms with E-state index in [1.165, 1.54) is 30.3 Å². The smallest absolute Gasteiger partial charge is 0.337 e. The van der Waals surface area contributed by atoms with Gasteiger partial charge in [0.2, 0.25) is 0 Å². The summed E-state index contributed by atoms with van der Waals surface area (Å²) in [5.74, 6) is -2.34. The number of carboxylic acids is 1. The first-order valence-electron chi connectivity index (χ1n) is 5.43. The molecular formula is C13H8BrFN2O3. The molecule has 1 amide bonds. The molecule has 2 aromatic rings. The van der Waals surface area contributed by atoms with E-state index in [-0.39, 0.29) is 16.9 Å². The highest BCUT2D eigenvalue weighted by atomic mass is 79.9. The Hall–Kier alpha value is -2.28. The van der Waals surface area contributed by atoms with E-state index in [4.69, 9.17) is 5.11 Å². The topological polar surface area (TPSA) is 79.3 Å². The Bertz CT molecular complexity index is 674. The minimum atomic E-state index is -1.14. The van der Waals surface area contributed by atoms with E-state index in [2.05, 4.69) is 26.2 Å². The predicted octanol–water partition coefficient (Wildman–Crippen LogP) is 2.93. The molecule has 0 saturated heterocycles. The second kappa shape index (κ2) is 5.79. The molecule has 20 heavy (non-hydrogen) atoms. The first-order chi connectivity index (χ1) is 9.47. The summed E-state index contributed by atoms with van der Waals surface area (Å²) in [4.78, 5) is 26.2. The van der Waals surface area contributed by atoms with E-state index >= 15 is 0 Å². The van der Waals surface area contributed by atoms with Crippen LogP contribution in [0.2, 0.25) is 0 Å². The van der Waals surface area contributed by atoms with Crippen LogP contribution in [-0.4, -0.2) is 22.0 Å². The summed E-state index contributed by atoms with van der Waals surface area (Å²) in [7, 11) is 0. The Morgan fingerprint density at radius 1 is 1.25 bits per heavy atom. The zero-order valence-corrected chi connectivity index (χ0v) is 11.5. The number of aromatic carboxylic acids is 1. The van der Waals surface area contributed by atoms with Crippen molar-refractivity contribution in [2.24, 2.45) is 0 Å². The number of pyridine rings is 1. The number of carboxylic acid groups (broad SMARTS) is 1. The largest absolute Gasteiger partial charge is 0.478 e. The maximum Gasteiger partial charge on any atom is 0.337 e. The monoisotopic (exact) mass is 338 g/mol. The van der Waals surface area contributed by atoms with Gasteiger partial charge in [0.15, 0.2) is 0 Å². The number of hydrogen-bond acceptors (Lipinski definition) is 3. The van der Waals surface area contributed by atoms with E-state index < -0.39 is 17.7 Å². The first kappa shape index (κ1) is 14.1. The molecule has 2 rings (SSSR count). The van der Waals surface area contributed by atoms with Crippen LogP contribution >= 0.6 is 15.9 Å². The Morgan fingerprint density at radius 3 is 2.60 bits per heavy atom. The highest BCUT2D eigenvalue weighted by Crippen LogP contribution is 2.20. The van der Waals surface area contributed by atoms with Gasteiger partial charge in [-0.1, -0.05) is 15.9 Å². The Morgan fingerprint density at radius 2 is 2.00 bits per heavy atom. The van der Waals surface area contributed by atoms with E-state index in [9.17, 15) is 14.0 Å². The van der Waals surface area contributed by atoms with Crippen molar-refractivity contribution < 1.29 is 19.1 Å². The summed E-state index contributed by atoms with van der Waals surface area (Å²) in [5, 5.41) is 11.1. The second-order valence-corrected chi connectivity index (χ2v) is 4.73. The molecule has 1 aromatic carbocycles. The zero-order chi connectivity index (χ0) is 14.7. The quantitative estimate of drug-likeness (QED) is 0.901. The number of nitrogens with one attached hydrogen (secondary N) is 1. The van der Waals surface area contributed by atoms with Crippen LogP contribution in [0.1, 0.15) is 20.8 Å². The third-order valence-electron chi connectivity index (χ3n) is 2.42. The van der Waals surface area contributed by atoms with E-state index in [0.717, 1.165) is 6.20 Å². The van der Waals surface area contributed by atoms with Gasteiger partial charge in [-0.15, -0.1) is 0 Å². The Kier molecular flexibility index (Phi) is 4.09. The van der Waals surface area contributed by atoms with Gasteiger partial charge in [-0.25, -0.2) is 9.18 Å². The maximum atomic E-state index is 13.5. The summed E-state index contributed by atoms with van der Waals surface area (Å²) in [5.41, 5.74) is -0.0296. The lowest BCUT2D eigenvalue weighted by molar-refractivity contribution is 0.0696. The molecule has 7 heteroatoms. The molecule has 1 aromatic heterocycles. The summed E-state index contributed by atoms with van der Waals surface area (Å²) in [6.07, 6.45) is 1.06. The number of anilines is 1. The summed E-state index contributed by atoms with van der Waals surface area (Å²) in [6, 6.07) is 6.64. The number of carbonyl (C=O) groups excluding carboxylic acids is 1. The third-order valence-corrected chi connectivity index (χ3v) is 2.91. The molecule has 1 heterocycles. The van der Waals surface area contributed by atoms with Gasteiger partial charge in [-0.2, -0.15) is 0 Å². The highest BCUT2D eigenvalue weighted by Gasteiger charge is 2.12. The van der Waals surface area contributed by atoms with Crippen molar-refractivity contribution in [3.05, 3.63) is 58.1 Å². The maximum absolute atomic E-state index is 13.5. The van der Waals surface area contributed by atoms with Crippen molar-refractivity contribution in [3.8, 4) is 0 Å². The number of aromatic nitrogens is 1. The van der Waals surface area contributed by atoms with Crippen molar-refractivity contribution in [2.45, 2.75) is 0 Å². The fourth-order valence-electron chi connectivity index (χ4n) is 1.43. The van der Waals surface area contributed by atoms with E-state index in [0.29, 0.717) is 4.47 Å². The molecule has 0 radical (unpaired) electrons. The zero-order valence-electron chi connectivity index (χ0n) is 9.93. The molecule has 0 fully saturated rings. The van der Waals surface area contributed by atoms with Gasteiger partial charge >= 0.3 is 5.97 Å². The average Bonchev–Trinajstić information content (AvgIpc) is 2.43. The molecule has 0 aliphatic rings. The van der Waals surface area contributed by atoms with Crippen LogP contribution in [0.4, 0.5) is 10.1 Å². The SMILES string of the molecule is O=C(O)c1ccc(C(=O)Nc2cc(Br)ccc2F)nc1. The molecule has 0 spiro atoms. The predicted molar refractivity (Wildman–Crippen MR) is 73.2 cm³/mol. The number of nitrogens with zero attached hydrogens (tertiary/aromatic N) is 1. The lowest BCUT2D eigenvalue weighted by atomic mass is 10.2. The van der Waals surface area contributed by atoms with E-state index in [1.807, 2.05) is 0 Å². The molecule has 2 N–H and O–H groups in total.